The fourth-order valence-corrected chi connectivity index (χ4v) is 2.61. The summed E-state index contributed by atoms with van der Waals surface area (Å²) in [6.45, 7) is 0. The summed E-state index contributed by atoms with van der Waals surface area (Å²) in [4.78, 5) is 0. The number of rotatable bonds is 2. The highest BCUT2D eigenvalue weighted by Crippen LogP contribution is 2.33. The molecule has 0 spiro atoms. The molecule has 0 atom stereocenters. The van der Waals surface area contributed by atoms with E-state index in [1.165, 1.54) is 5.39 Å². The maximum absolute atomic E-state index is 8.81. The number of hydrogen-bond acceptors (Lipinski definition) is 3. The summed E-state index contributed by atoms with van der Waals surface area (Å²) in [7, 11) is -0.338. The Bertz CT molecular complexity index is 927. The normalized spacial score (nSPS) is 11.2. The van der Waals surface area contributed by atoms with Crippen LogP contribution in [0.2, 0.25) is 0 Å². The molecule has 0 aliphatic heterocycles. The average molecular weight is 262 g/mol. The molecule has 4 aromatic rings. The molecule has 4 heteroatoms. The minimum atomic E-state index is -0.338. The first-order valence-corrected chi connectivity index (χ1v) is 6.44. The van der Waals surface area contributed by atoms with Crippen LogP contribution in [0.25, 0.3) is 32.7 Å². The number of hydrogen-bond donors (Lipinski definition) is 1. The van der Waals surface area contributed by atoms with Gasteiger partial charge in [-0.1, -0.05) is 24.3 Å². The minimum Gasteiger partial charge on any atom is -0.539 e. The summed E-state index contributed by atoms with van der Waals surface area (Å²) in [5.41, 5.74) is 1.63. The van der Waals surface area contributed by atoms with Gasteiger partial charge in [0.05, 0.1) is 0 Å². The van der Waals surface area contributed by atoms with Crippen molar-refractivity contribution < 1.29 is 14.1 Å². The van der Waals surface area contributed by atoms with Crippen molar-refractivity contribution in [3.8, 4) is 5.75 Å². The number of benzene rings is 3. The average Bonchev–Trinajstić information content (AvgIpc) is 2.82. The van der Waals surface area contributed by atoms with Gasteiger partial charge in [0, 0.05) is 16.8 Å². The maximum Gasteiger partial charge on any atom is 0.504 e. The molecule has 0 amide bonds. The SMILES string of the molecule is OBOc1ccc2c(c1)oc1cc3ccccc3cc12. The van der Waals surface area contributed by atoms with Crippen LogP contribution in [0.3, 0.4) is 0 Å². The minimum absolute atomic E-state index is 0.338. The monoisotopic (exact) mass is 262 g/mol. The van der Waals surface area contributed by atoms with Crippen LogP contribution in [-0.2, 0) is 0 Å². The number of fused-ring (bicyclic) bond motifs is 4. The van der Waals surface area contributed by atoms with Gasteiger partial charge in [0.25, 0.3) is 0 Å². The first-order valence-electron chi connectivity index (χ1n) is 6.44. The van der Waals surface area contributed by atoms with Crippen molar-refractivity contribution in [2.75, 3.05) is 0 Å². The van der Waals surface area contributed by atoms with Crippen LogP contribution in [0.5, 0.6) is 5.75 Å². The molecule has 0 aliphatic rings. The molecule has 0 unspecified atom stereocenters. The highest BCUT2D eigenvalue weighted by molar-refractivity contribution is 6.17. The van der Waals surface area contributed by atoms with Crippen LogP contribution in [-0.4, -0.2) is 12.7 Å². The van der Waals surface area contributed by atoms with Gasteiger partial charge in [0.1, 0.15) is 16.9 Å². The zero-order chi connectivity index (χ0) is 13.5. The number of furan rings is 1. The van der Waals surface area contributed by atoms with E-state index in [0.717, 1.165) is 27.3 Å². The van der Waals surface area contributed by atoms with Crippen LogP contribution in [0.4, 0.5) is 0 Å². The van der Waals surface area contributed by atoms with Crippen molar-refractivity contribution in [2.24, 2.45) is 0 Å². The lowest BCUT2D eigenvalue weighted by molar-refractivity contribution is 0.453. The highest BCUT2D eigenvalue weighted by Gasteiger charge is 2.09. The van der Waals surface area contributed by atoms with E-state index in [4.69, 9.17) is 14.1 Å². The molecule has 3 nitrogen and oxygen atoms in total. The third-order valence-electron chi connectivity index (χ3n) is 3.54. The summed E-state index contributed by atoms with van der Waals surface area (Å²) >= 11 is 0. The standard InChI is InChI=1S/C16H11BO3/c18-17-20-12-5-6-13-14-7-10-3-1-2-4-11(10)8-15(14)19-16(13)9-12/h1-9,17-18H. The Hall–Kier alpha value is -2.46. The van der Waals surface area contributed by atoms with Crippen molar-refractivity contribution in [1.82, 2.24) is 0 Å². The quantitative estimate of drug-likeness (QED) is 0.563. The van der Waals surface area contributed by atoms with Gasteiger partial charge in [-0.2, -0.15) is 0 Å². The largest absolute Gasteiger partial charge is 0.539 e. The van der Waals surface area contributed by atoms with E-state index < -0.39 is 0 Å². The smallest absolute Gasteiger partial charge is 0.504 e. The van der Waals surface area contributed by atoms with Crippen LogP contribution < -0.4 is 4.65 Å². The first-order chi connectivity index (χ1) is 9.85. The fraction of sp³-hybridized carbons (Fsp3) is 0. The lowest BCUT2D eigenvalue weighted by atomic mass is 10.1. The van der Waals surface area contributed by atoms with Crippen LogP contribution in [0.1, 0.15) is 0 Å². The molecule has 0 fully saturated rings. The molecule has 4 rings (SSSR count). The molecular weight excluding hydrogens is 251 g/mol. The van der Waals surface area contributed by atoms with Gasteiger partial charge >= 0.3 is 7.69 Å². The van der Waals surface area contributed by atoms with Crippen molar-refractivity contribution in [2.45, 2.75) is 0 Å². The molecule has 0 saturated carbocycles. The molecule has 0 radical (unpaired) electrons. The summed E-state index contributed by atoms with van der Waals surface area (Å²) in [6, 6.07) is 18.0. The summed E-state index contributed by atoms with van der Waals surface area (Å²) in [5.74, 6) is 0.601. The zero-order valence-electron chi connectivity index (χ0n) is 10.7. The fourth-order valence-electron chi connectivity index (χ4n) is 2.61. The van der Waals surface area contributed by atoms with E-state index in [0.29, 0.717) is 5.75 Å². The zero-order valence-corrected chi connectivity index (χ0v) is 10.7. The van der Waals surface area contributed by atoms with Crippen LogP contribution in [0, 0.1) is 0 Å². The first kappa shape index (κ1) is 11.4. The Balaban J connectivity index is 2.05. The van der Waals surface area contributed by atoms with Crippen molar-refractivity contribution in [3.05, 3.63) is 54.6 Å². The maximum atomic E-state index is 8.81. The third-order valence-corrected chi connectivity index (χ3v) is 3.54. The van der Waals surface area contributed by atoms with Gasteiger partial charge in [0.2, 0.25) is 0 Å². The lowest BCUT2D eigenvalue weighted by Crippen LogP contribution is -1.98. The molecule has 0 aliphatic carbocycles. The Labute approximate surface area is 115 Å². The van der Waals surface area contributed by atoms with E-state index in [9.17, 15) is 0 Å². The molecule has 20 heavy (non-hydrogen) atoms. The van der Waals surface area contributed by atoms with E-state index in [-0.39, 0.29) is 7.69 Å². The van der Waals surface area contributed by atoms with Gasteiger partial charge in [0.15, 0.2) is 0 Å². The molecule has 0 bridgehead atoms. The van der Waals surface area contributed by atoms with Crippen LogP contribution >= 0.6 is 0 Å². The Morgan fingerprint density at radius 1 is 0.850 bits per heavy atom. The van der Waals surface area contributed by atoms with Gasteiger partial charge < -0.3 is 14.1 Å². The van der Waals surface area contributed by atoms with Gasteiger partial charge in [-0.15, -0.1) is 0 Å². The van der Waals surface area contributed by atoms with E-state index in [1.54, 1.807) is 6.07 Å². The second kappa shape index (κ2) is 4.29. The van der Waals surface area contributed by atoms with E-state index >= 15 is 0 Å². The second-order valence-electron chi connectivity index (χ2n) is 4.73. The summed E-state index contributed by atoms with van der Waals surface area (Å²) in [6.07, 6.45) is 0. The Kier molecular flexibility index (Phi) is 2.44. The summed E-state index contributed by atoms with van der Waals surface area (Å²) in [5, 5.41) is 13.3. The van der Waals surface area contributed by atoms with Gasteiger partial charge in [-0.3, -0.25) is 0 Å². The predicted molar refractivity (Wildman–Crippen MR) is 81.2 cm³/mol. The van der Waals surface area contributed by atoms with Crippen molar-refractivity contribution >= 4 is 40.4 Å². The molecule has 0 saturated heterocycles. The molecule has 1 heterocycles. The third kappa shape index (κ3) is 1.66. The van der Waals surface area contributed by atoms with E-state index in [1.807, 2.05) is 24.3 Å². The summed E-state index contributed by atoms with van der Waals surface area (Å²) < 4.78 is 11.0. The van der Waals surface area contributed by atoms with E-state index in [2.05, 4.69) is 24.3 Å². The van der Waals surface area contributed by atoms with Crippen LogP contribution in [0.15, 0.2) is 59.0 Å². The Morgan fingerprint density at radius 3 is 2.40 bits per heavy atom. The topological polar surface area (TPSA) is 42.6 Å². The molecular formula is C16H11BO3. The Morgan fingerprint density at radius 2 is 1.60 bits per heavy atom. The second-order valence-corrected chi connectivity index (χ2v) is 4.73. The predicted octanol–water partition coefficient (Wildman–Crippen LogP) is 3.38. The highest BCUT2D eigenvalue weighted by atomic mass is 16.5. The molecule has 3 aromatic carbocycles. The van der Waals surface area contributed by atoms with Gasteiger partial charge in [-0.25, -0.2) is 0 Å². The van der Waals surface area contributed by atoms with Crippen molar-refractivity contribution in [1.29, 1.82) is 0 Å². The molecule has 1 aromatic heterocycles. The van der Waals surface area contributed by atoms with Crippen molar-refractivity contribution in [3.63, 3.8) is 0 Å². The lowest BCUT2D eigenvalue weighted by Gasteiger charge is -2.00. The van der Waals surface area contributed by atoms with Gasteiger partial charge in [-0.05, 0) is 35.0 Å². The molecule has 1 N–H and O–H groups in total. The molecule has 96 valence electrons.